The fourth-order valence-corrected chi connectivity index (χ4v) is 4.29. The van der Waals surface area contributed by atoms with Crippen molar-refractivity contribution in [1.29, 1.82) is 0 Å². The van der Waals surface area contributed by atoms with Gasteiger partial charge in [-0.2, -0.15) is 4.98 Å². The van der Waals surface area contributed by atoms with E-state index in [1.807, 2.05) is 31.2 Å². The maximum absolute atomic E-state index is 12.1. The summed E-state index contributed by atoms with van der Waals surface area (Å²) in [5.41, 5.74) is 1.67. The summed E-state index contributed by atoms with van der Waals surface area (Å²) < 4.78 is 26.9. The molecule has 0 aliphatic carbocycles. The largest absolute Gasteiger partial charge is 0.356 e. The lowest BCUT2D eigenvalue weighted by molar-refractivity contribution is 0.573. The number of benzene rings is 1. The molecular formula is C19H27N5O2S. The molecule has 1 aliphatic rings. The zero-order valence-electron chi connectivity index (χ0n) is 15.7. The molecule has 7 nitrogen and oxygen atoms in total. The van der Waals surface area contributed by atoms with Crippen LogP contribution in [-0.4, -0.2) is 44.6 Å². The Balaban J connectivity index is 1.50. The maximum atomic E-state index is 12.1. The van der Waals surface area contributed by atoms with Crippen molar-refractivity contribution in [2.75, 3.05) is 36.4 Å². The molecule has 0 amide bonds. The predicted octanol–water partition coefficient (Wildman–Crippen LogP) is 2.31. The molecule has 2 aromatic rings. The van der Waals surface area contributed by atoms with Crippen molar-refractivity contribution in [2.45, 2.75) is 31.9 Å². The standard InChI is InChI=1S/C19H27N5O2S/c1-16-14-18(24-12-6-3-7-13-24)23-19(22-16)20-10-11-21-27(25,26)15-17-8-4-2-5-9-17/h2,4-5,8-9,14,21H,3,6-7,10-13,15H2,1H3,(H,20,22,23). The van der Waals surface area contributed by atoms with Gasteiger partial charge in [-0.3, -0.25) is 0 Å². The Morgan fingerprint density at radius 2 is 1.78 bits per heavy atom. The number of aromatic nitrogens is 2. The minimum atomic E-state index is -3.36. The van der Waals surface area contributed by atoms with Crippen LogP contribution in [0.2, 0.25) is 0 Å². The smallest absolute Gasteiger partial charge is 0.224 e. The molecule has 1 aromatic heterocycles. The third-order valence-electron chi connectivity index (χ3n) is 4.45. The number of hydrogen-bond acceptors (Lipinski definition) is 6. The molecule has 0 bridgehead atoms. The van der Waals surface area contributed by atoms with E-state index in [0.29, 0.717) is 12.5 Å². The van der Waals surface area contributed by atoms with Crippen LogP contribution in [0.25, 0.3) is 0 Å². The maximum Gasteiger partial charge on any atom is 0.224 e. The van der Waals surface area contributed by atoms with E-state index in [2.05, 4.69) is 24.9 Å². The van der Waals surface area contributed by atoms with Gasteiger partial charge < -0.3 is 10.2 Å². The van der Waals surface area contributed by atoms with E-state index >= 15 is 0 Å². The van der Waals surface area contributed by atoms with Crippen molar-refractivity contribution in [3.63, 3.8) is 0 Å². The number of sulfonamides is 1. The van der Waals surface area contributed by atoms with Gasteiger partial charge in [0.15, 0.2) is 0 Å². The molecule has 0 spiro atoms. The van der Waals surface area contributed by atoms with Crippen molar-refractivity contribution in [3.8, 4) is 0 Å². The van der Waals surface area contributed by atoms with Crippen LogP contribution in [0.1, 0.15) is 30.5 Å². The summed E-state index contributed by atoms with van der Waals surface area (Å²) in [7, 11) is -3.36. The summed E-state index contributed by atoms with van der Waals surface area (Å²) in [6.07, 6.45) is 3.65. The van der Waals surface area contributed by atoms with Gasteiger partial charge in [0, 0.05) is 37.9 Å². The van der Waals surface area contributed by atoms with Crippen LogP contribution in [0.15, 0.2) is 36.4 Å². The second-order valence-corrected chi connectivity index (χ2v) is 8.61. The minimum Gasteiger partial charge on any atom is -0.356 e. The van der Waals surface area contributed by atoms with Crippen molar-refractivity contribution < 1.29 is 8.42 Å². The molecule has 1 aliphatic heterocycles. The Morgan fingerprint density at radius 3 is 2.52 bits per heavy atom. The van der Waals surface area contributed by atoms with Crippen molar-refractivity contribution in [3.05, 3.63) is 47.7 Å². The zero-order chi connectivity index (χ0) is 19.1. The van der Waals surface area contributed by atoms with Crippen LogP contribution in [0.4, 0.5) is 11.8 Å². The third-order valence-corrected chi connectivity index (χ3v) is 5.81. The molecule has 0 atom stereocenters. The number of nitrogens with one attached hydrogen (secondary N) is 2. The lowest BCUT2D eigenvalue weighted by Crippen LogP contribution is -2.31. The third kappa shape index (κ3) is 6.18. The van der Waals surface area contributed by atoms with Gasteiger partial charge in [0.25, 0.3) is 0 Å². The van der Waals surface area contributed by atoms with E-state index in [4.69, 9.17) is 0 Å². The Bertz CT molecular complexity index is 836. The van der Waals surface area contributed by atoms with Gasteiger partial charge in [-0.1, -0.05) is 30.3 Å². The summed E-state index contributed by atoms with van der Waals surface area (Å²) in [6, 6.07) is 11.1. The second-order valence-electron chi connectivity index (χ2n) is 6.80. The quantitative estimate of drug-likeness (QED) is 0.674. The highest BCUT2D eigenvalue weighted by Crippen LogP contribution is 2.19. The van der Waals surface area contributed by atoms with Crippen molar-refractivity contribution in [2.24, 2.45) is 0 Å². The van der Waals surface area contributed by atoms with E-state index in [0.717, 1.165) is 30.2 Å². The summed E-state index contributed by atoms with van der Waals surface area (Å²) in [6.45, 7) is 4.70. The van der Waals surface area contributed by atoms with Gasteiger partial charge in [-0.05, 0) is 31.7 Å². The van der Waals surface area contributed by atoms with Crippen LogP contribution < -0.4 is 14.9 Å². The van der Waals surface area contributed by atoms with E-state index in [9.17, 15) is 8.42 Å². The van der Waals surface area contributed by atoms with Gasteiger partial charge in [0.05, 0.1) is 5.75 Å². The molecule has 8 heteroatoms. The first kappa shape index (κ1) is 19.6. The fourth-order valence-electron chi connectivity index (χ4n) is 3.14. The summed E-state index contributed by atoms with van der Waals surface area (Å²) >= 11 is 0. The first-order valence-corrected chi connectivity index (χ1v) is 11.0. The van der Waals surface area contributed by atoms with E-state index in [1.54, 1.807) is 12.1 Å². The molecule has 2 N–H and O–H groups in total. The average Bonchev–Trinajstić information content (AvgIpc) is 2.66. The van der Waals surface area contributed by atoms with Crippen molar-refractivity contribution >= 4 is 21.8 Å². The Labute approximate surface area is 161 Å². The Kier molecular flexibility index (Phi) is 6.63. The molecule has 1 fully saturated rings. The van der Waals surface area contributed by atoms with Crippen LogP contribution in [0.3, 0.4) is 0 Å². The normalized spacial score (nSPS) is 14.9. The molecule has 2 heterocycles. The Hall–Kier alpha value is -2.19. The fraction of sp³-hybridized carbons (Fsp3) is 0.474. The summed E-state index contributed by atoms with van der Waals surface area (Å²) in [4.78, 5) is 11.3. The molecule has 0 saturated carbocycles. The zero-order valence-corrected chi connectivity index (χ0v) is 16.5. The SMILES string of the molecule is Cc1cc(N2CCCCC2)nc(NCCNS(=O)(=O)Cc2ccccc2)n1. The molecule has 27 heavy (non-hydrogen) atoms. The molecule has 146 valence electrons. The average molecular weight is 390 g/mol. The highest BCUT2D eigenvalue weighted by Gasteiger charge is 2.14. The number of rotatable bonds is 8. The lowest BCUT2D eigenvalue weighted by Gasteiger charge is -2.28. The van der Waals surface area contributed by atoms with Crippen LogP contribution in [0.5, 0.6) is 0 Å². The number of piperidine rings is 1. The Morgan fingerprint density at radius 1 is 1.04 bits per heavy atom. The van der Waals surface area contributed by atoms with Gasteiger partial charge in [0.1, 0.15) is 5.82 Å². The number of nitrogens with zero attached hydrogens (tertiary/aromatic N) is 3. The van der Waals surface area contributed by atoms with E-state index in [-0.39, 0.29) is 12.3 Å². The highest BCUT2D eigenvalue weighted by molar-refractivity contribution is 7.88. The van der Waals surface area contributed by atoms with Gasteiger partial charge in [0.2, 0.25) is 16.0 Å². The first-order chi connectivity index (χ1) is 13.0. The highest BCUT2D eigenvalue weighted by atomic mass is 32.2. The van der Waals surface area contributed by atoms with Crippen LogP contribution in [-0.2, 0) is 15.8 Å². The van der Waals surface area contributed by atoms with E-state index in [1.165, 1.54) is 19.3 Å². The van der Waals surface area contributed by atoms with Gasteiger partial charge in [-0.15, -0.1) is 0 Å². The summed E-state index contributed by atoms with van der Waals surface area (Å²) in [5, 5.41) is 3.13. The molecule has 3 rings (SSSR count). The molecular weight excluding hydrogens is 362 g/mol. The number of anilines is 2. The van der Waals surface area contributed by atoms with Crippen LogP contribution >= 0.6 is 0 Å². The number of hydrogen-bond donors (Lipinski definition) is 2. The molecule has 0 radical (unpaired) electrons. The predicted molar refractivity (Wildman–Crippen MR) is 108 cm³/mol. The monoisotopic (exact) mass is 389 g/mol. The second kappa shape index (κ2) is 9.14. The minimum absolute atomic E-state index is 0.0199. The lowest BCUT2D eigenvalue weighted by atomic mass is 10.1. The first-order valence-electron chi connectivity index (χ1n) is 9.38. The number of aryl methyl sites for hydroxylation is 1. The van der Waals surface area contributed by atoms with Crippen molar-refractivity contribution in [1.82, 2.24) is 14.7 Å². The van der Waals surface area contributed by atoms with Gasteiger partial charge in [-0.25, -0.2) is 18.1 Å². The summed E-state index contributed by atoms with van der Waals surface area (Å²) in [5.74, 6) is 1.46. The molecule has 0 unspecified atom stereocenters. The van der Waals surface area contributed by atoms with Gasteiger partial charge >= 0.3 is 0 Å². The van der Waals surface area contributed by atoms with E-state index < -0.39 is 10.0 Å². The van der Waals surface area contributed by atoms with Crippen LogP contribution in [0, 0.1) is 6.92 Å². The molecule has 1 saturated heterocycles. The molecule has 1 aromatic carbocycles. The topological polar surface area (TPSA) is 87.2 Å².